The minimum Gasteiger partial charge on any atom is -0.481 e. The van der Waals surface area contributed by atoms with Crippen molar-refractivity contribution < 1.29 is 34.8 Å². The van der Waals surface area contributed by atoms with Gasteiger partial charge in [-0.05, 0) is 17.9 Å². The molecular formula is C20H27NO7. The van der Waals surface area contributed by atoms with E-state index in [2.05, 4.69) is 0 Å². The van der Waals surface area contributed by atoms with Gasteiger partial charge in [-0.1, -0.05) is 44.2 Å². The zero-order valence-electron chi connectivity index (χ0n) is 16.0. The lowest BCUT2D eigenvalue weighted by molar-refractivity contribution is -0.157. The van der Waals surface area contributed by atoms with Gasteiger partial charge >= 0.3 is 5.97 Å². The maximum atomic E-state index is 13.2. The Kier molecular flexibility index (Phi) is 6.92. The Labute approximate surface area is 163 Å². The van der Waals surface area contributed by atoms with Crippen molar-refractivity contribution in [3.8, 4) is 0 Å². The van der Waals surface area contributed by atoms with Crippen molar-refractivity contribution in [2.45, 2.75) is 31.7 Å². The maximum Gasteiger partial charge on any atom is 0.307 e. The molecule has 0 bridgehead atoms. The third-order valence-electron chi connectivity index (χ3n) is 5.78. The zero-order valence-corrected chi connectivity index (χ0v) is 16.0. The Hall–Kier alpha value is -2.29. The average molecular weight is 393 g/mol. The van der Waals surface area contributed by atoms with Crippen molar-refractivity contribution in [3.63, 3.8) is 0 Å². The number of carboxylic acids is 1. The highest BCUT2D eigenvalue weighted by atomic mass is 16.4. The largest absolute Gasteiger partial charge is 0.481 e. The Morgan fingerprint density at radius 2 is 1.61 bits per heavy atom. The summed E-state index contributed by atoms with van der Waals surface area (Å²) in [6.45, 7) is 0.797. The molecule has 8 nitrogen and oxygen atoms in total. The van der Waals surface area contributed by atoms with Gasteiger partial charge in [0, 0.05) is 5.92 Å². The molecule has 8 heteroatoms. The maximum absolute atomic E-state index is 13.2. The normalized spacial score (nSPS) is 22.4. The van der Waals surface area contributed by atoms with E-state index < -0.39 is 66.8 Å². The molecule has 4 unspecified atom stereocenters. The van der Waals surface area contributed by atoms with Crippen LogP contribution in [0.15, 0.2) is 30.3 Å². The summed E-state index contributed by atoms with van der Waals surface area (Å²) in [6.07, 6.45) is 0.441. The van der Waals surface area contributed by atoms with E-state index in [4.69, 9.17) is 0 Å². The number of aliphatic carboxylic acids is 1. The first kappa shape index (κ1) is 22.0. The van der Waals surface area contributed by atoms with Crippen molar-refractivity contribution in [3.05, 3.63) is 35.9 Å². The molecule has 1 aromatic rings. The molecule has 1 heterocycles. The van der Waals surface area contributed by atoms with E-state index in [0.717, 1.165) is 5.56 Å². The van der Waals surface area contributed by atoms with Crippen LogP contribution in [0.1, 0.15) is 31.7 Å². The Morgan fingerprint density at radius 3 is 2.04 bits per heavy atom. The first-order valence-electron chi connectivity index (χ1n) is 9.27. The van der Waals surface area contributed by atoms with Crippen LogP contribution in [0.5, 0.6) is 0 Å². The summed E-state index contributed by atoms with van der Waals surface area (Å²) in [6, 6.07) is 8.93. The molecule has 1 saturated heterocycles. The summed E-state index contributed by atoms with van der Waals surface area (Å²) < 4.78 is 0. The standard InChI is InChI=1S/C20H27NO7/c1-3-14(13-7-5-4-6-8-13)16(19(27)28)15-12(2)17(25)21(18(15)26)20(9-22,10-23)11-24/h4-8,12,14-16,22-24H,3,9-11H2,1-2H3,(H,27,28). The number of carboxylic acid groups (broad SMARTS) is 1. The number of benzene rings is 1. The number of carbonyl (C=O) groups is 3. The molecule has 28 heavy (non-hydrogen) atoms. The molecule has 2 amide bonds. The predicted octanol–water partition coefficient (Wildman–Crippen LogP) is 0.218. The van der Waals surface area contributed by atoms with Gasteiger partial charge in [-0.25, -0.2) is 0 Å². The number of nitrogens with zero attached hydrogens (tertiary/aromatic N) is 1. The molecule has 0 saturated carbocycles. The molecule has 1 fully saturated rings. The highest BCUT2D eigenvalue weighted by Gasteiger charge is 2.58. The highest BCUT2D eigenvalue weighted by Crippen LogP contribution is 2.43. The van der Waals surface area contributed by atoms with Crippen molar-refractivity contribution >= 4 is 17.8 Å². The van der Waals surface area contributed by atoms with Gasteiger partial charge in [-0.3, -0.25) is 19.3 Å². The summed E-state index contributed by atoms with van der Waals surface area (Å²) in [5, 5.41) is 38.9. The van der Waals surface area contributed by atoms with Gasteiger partial charge in [0.2, 0.25) is 11.8 Å². The van der Waals surface area contributed by atoms with Crippen LogP contribution in [0.2, 0.25) is 0 Å². The molecule has 1 aromatic carbocycles. The minimum atomic E-state index is -1.87. The summed E-state index contributed by atoms with van der Waals surface area (Å²) >= 11 is 0. The topological polar surface area (TPSA) is 135 Å². The lowest BCUT2D eigenvalue weighted by Gasteiger charge is -2.36. The predicted molar refractivity (Wildman–Crippen MR) is 99.1 cm³/mol. The van der Waals surface area contributed by atoms with Crippen molar-refractivity contribution in [1.29, 1.82) is 0 Å². The molecule has 1 aliphatic heterocycles. The van der Waals surface area contributed by atoms with Crippen LogP contribution in [0.25, 0.3) is 0 Å². The molecule has 2 rings (SSSR count). The van der Waals surface area contributed by atoms with Crippen LogP contribution in [0, 0.1) is 17.8 Å². The summed E-state index contributed by atoms with van der Waals surface area (Å²) in [4.78, 5) is 38.8. The van der Waals surface area contributed by atoms with Crippen LogP contribution in [0.4, 0.5) is 0 Å². The monoisotopic (exact) mass is 393 g/mol. The van der Waals surface area contributed by atoms with E-state index in [9.17, 15) is 34.8 Å². The molecule has 154 valence electrons. The van der Waals surface area contributed by atoms with Gasteiger partial charge in [0.25, 0.3) is 0 Å². The lowest BCUT2D eigenvalue weighted by Crippen LogP contribution is -2.60. The van der Waals surface area contributed by atoms with Crippen molar-refractivity contribution in [2.24, 2.45) is 17.8 Å². The van der Waals surface area contributed by atoms with Gasteiger partial charge < -0.3 is 20.4 Å². The van der Waals surface area contributed by atoms with Crippen LogP contribution < -0.4 is 0 Å². The van der Waals surface area contributed by atoms with Crippen molar-refractivity contribution in [2.75, 3.05) is 19.8 Å². The molecule has 4 atom stereocenters. The van der Waals surface area contributed by atoms with Crippen LogP contribution in [-0.2, 0) is 14.4 Å². The molecule has 0 aliphatic carbocycles. The number of amides is 2. The molecule has 0 aromatic heterocycles. The fourth-order valence-corrected chi connectivity index (χ4v) is 4.10. The second-order valence-corrected chi connectivity index (χ2v) is 7.31. The Balaban J connectivity index is 2.52. The first-order chi connectivity index (χ1) is 13.3. The second-order valence-electron chi connectivity index (χ2n) is 7.31. The third-order valence-corrected chi connectivity index (χ3v) is 5.78. The number of imide groups is 1. The van der Waals surface area contributed by atoms with Crippen LogP contribution >= 0.6 is 0 Å². The molecule has 4 N–H and O–H groups in total. The zero-order chi connectivity index (χ0) is 21.1. The molecule has 1 aliphatic rings. The molecule has 0 radical (unpaired) electrons. The average Bonchev–Trinajstić information content (AvgIpc) is 2.92. The molecular weight excluding hydrogens is 366 g/mol. The van der Waals surface area contributed by atoms with Gasteiger partial charge in [0.1, 0.15) is 5.54 Å². The molecule has 0 spiro atoms. The first-order valence-corrected chi connectivity index (χ1v) is 9.27. The highest BCUT2D eigenvalue weighted by molar-refractivity contribution is 6.07. The summed E-state index contributed by atoms with van der Waals surface area (Å²) in [5.41, 5.74) is -1.12. The van der Waals surface area contributed by atoms with Crippen LogP contribution in [-0.4, -0.2) is 68.5 Å². The number of aliphatic hydroxyl groups excluding tert-OH is 3. The smallest absolute Gasteiger partial charge is 0.307 e. The lowest BCUT2D eigenvalue weighted by atomic mass is 9.73. The summed E-state index contributed by atoms with van der Waals surface area (Å²) in [7, 11) is 0. The van der Waals surface area contributed by atoms with Crippen molar-refractivity contribution in [1.82, 2.24) is 4.90 Å². The number of hydrogen-bond acceptors (Lipinski definition) is 6. The number of rotatable bonds is 9. The van der Waals surface area contributed by atoms with E-state index in [0.29, 0.717) is 11.3 Å². The number of aliphatic hydroxyl groups is 3. The van der Waals surface area contributed by atoms with Crippen LogP contribution in [0.3, 0.4) is 0 Å². The quantitative estimate of drug-likeness (QED) is 0.441. The fraction of sp³-hybridized carbons (Fsp3) is 0.550. The minimum absolute atomic E-state index is 0.441. The number of likely N-dealkylation sites (tertiary alicyclic amines) is 1. The van der Waals surface area contributed by atoms with E-state index in [1.807, 2.05) is 6.92 Å². The summed E-state index contributed by atoms with van der Waals surface area (Å²) in [5.74, 6) is -6.50. The van der Waals surface area contributed by atoms with E-state index >= 15 is 0 Å². The second kappa shape index (κ2) is 8.81. The van der Waals surface area contributed by atoms with Gasteiger partial charge in [0.15, 0.2) is 0 Å². The van der Waals surface area contributed by atoms with E-state index in [-0.39, 0.29) is 0 Å². The SMILES string of the molecule is CCC(c1ccccc1)C(C(=O)O)C1C(=O)N(C(CO)(CO)CO)C(=O)C1C. The van der Waals surface area contributed by atoms with E-state index in [1.165, 1.54) is 6.92 Å². The van der Waals surface area contributed by atoms with E-state index in [1.54, 1.807) is 30.3 Å². The number of hydrogen-bond donors (Lipinski definition) is 4. The van der Waals surface area contributed by atoms with Gasteiger partial charge in [-0.2, -0.15) is 0 Å². The Morgan fingerprint density at radius 1 is 1.07 bits per heavy atom. The third kappa shape index (κ3) is 3.55. The Bertz CT molecular complexity index is 708. The number of carbonyl (C=O) groups excluding carboxylic acids is 2. The van der Waals surface area contributed by atoms with Gasteiger partial charge in [-0.15, -0.1) is 0 Å². The fourth-order valence-electron chi connectivity index (χ4n) is 4.10. The van der Waals surface area contributed by atoms with Gasteiger partial charge in [0.05, 0.1) is 31.7 Å².